The zero-order chi connectivity index (χ0) is 6.28. The molecule has 0 aliphatic heterocycles. The SMILES string of the molecule is CC(N)=O.[CH3][Sn][CH3]. The number of hydrogen-bond acceptors (Lipinski definition) is 1. The van der Waals surface area contributed by atoms with Gasteiger partial charge in [-0.05, 0) is 0 Å². The molecule has 0 rings (SSSR count). The van der Waals surface area contributed by atoms with Crippen LogP contribution in [0.1, 0.15) is 6.92 Å². The Kier molecular flexibility index (Phi) is 14.0. The molecular weight excluding hydrogens is 197 g/mol. The van der Waals surface area contributed by atoms with E-state index >= 15 is 0 Å². The van der Waals surface area contributed by atoms with E-state index in [9.17, 15) is 4.79 Å². The average Bonchev–Trinajstić information content (AvgIpc) is 1.33. The number of rotatable bonds is 0. The van der Waals surface area contributed by atoms with E-state index in [1.165, 1.54) is 6.92 Å². The quantitative estimate of drug-likeness (QED) is 0.570. The van der Waals surface area contributed by atoms with Crippen molar-refractivity contribution >= 4 is 27.0 Å². The molecule has 0 aliphatic carbocycles. The summed E-state index contributed by atoms with van der Waals surface area (Å²) in [5.41, 5.74) is 4.47. The molecule has 0 unspecified atom stereocenters. The van der Waals surface area contributed by atoms with Gasteiger partial charge in [-0.15, -0.1) is 0 Å². The molecule has 3 heteroatoms. The van der Waals surface area contributed by atoms with Gasteiger partial charge in [0.05, 0.1) is 0 Å². The third-order valence-electron chi connectivity index (χ3n) is 0. The van der Waals surface area contributed by atoms with Crippen LogP contribution in [0.15, 0.2) is 0 Å². The van der Waals surface area contributed by atoms with Gasteiger partial charge in [-0.1, -0.05) is 0 Å². The standard InChI is InChI=1S/C2H5NO.2CH3.Sn/c1-2(3)4;;;/h1H3,(H2,3,4);2*1H3;. The Bertz CT molecular complexity index is 43.0. The van der Waals surface area contributed by atoms with Crippen molar-refractivity contribution in [3.8, 4) is 0 Å². The summed E-state index contributed by atoms with van der Waals surface area (Å²) in [6.45, 7) is 1.31. The van der Waals surface area contributed by atoms with Gasteiger partial charge in [-0.25, -0.2) is 0 Å². The first-order valence-corrected chi connectivity index (χ1v) is 7.70. The van der Waals surface area contributed by atoms with Gasteiger partial charge in [0.25, 0.3) is 0 Å². The molecule has 0 saturated carbocycles. The van der Waals surface area contributed by atoms with Crippen LogP contribution in [0.5, 0.6) is 0 Å². The summed E-state index contributed by atoms with van der Waals surface area (Å²) in [5.74, 6) is -0.333. The first kappa shape index (κ1) is 10.3. The van der Waals surface area contributed by atoms with Gasteiger partial charge in [-0.3, -0.25) is 4.79 Å². The number of hydrogen-bond donors (Lipinski definition) is 1. The number of primary amides is 1. The van der Waals surface area contributed by atoms with E-state index in [1.54, 1.807) is 0 Å². The van der Waals surface area contributed by atoms with E-state index in [2.05, 4.69) is 15.6 Å². The predicted molar refractivity (Wildman–Crippen MR) is 32.4 cm³/mol. The monoisotopic (exact) mass is 209 g/mol. The molecule has 0 atom stereocenters. The van der Waals surface area contributed by atoms with Crippen LogP contribution in [0.25, 0.3) is 0 Å². The summed E-state index contributed by atoms with van der Waals surface area (Å²) < 4.78 is 0. The van der Waals surface area contributed by atoms with E-state index in [0.717, 1.165) is 0 Å². The molecule has 0 aromatic rings. The second-order valence-electron chi connectivity index (χ2n) is 1.11. The molecule has 0 heterocycles. The van der Waals surface area contributed by atoms with Crippen molar-refractivity contribution in [2.24, 2.45) is 5.73 Å². The van der Waals surface area contributed by atoms with Crippen molar-refractivity contribution in [3.05, 3.63) is 0 Å². The van der Waals surface area contributed by atoms with Crippen molar-refractivity contribution in [3.63, 3.8) is 0 Å². The Balaban J connectivity index is 0. The molecule has 2 nitrogen and oxygen atoms in total. The Morgan fingerprint density at radius 1 is 1.57 bits per heavy atom. The normalized spacial score (nSPS) is 6.14. The Labute approximate surface area is 54.7 Å². The van der Waals surface area contributed by atoms with Crippen molar-refractivity contribution in [2.75, 3.05) is 0 Å². The first-order valence-electron chi connectivity index (χ1n) is 1.99. The van der Waals surface area contributed by atoms with Gasteiger partial charge in [0.15, 0.2) is 0 Å². The van der Waals surface area contributed by atoms with Crippen LogP contribution in [0.2, 0.25) is 9.88 Å². The molecule has 1 amide bonds. The maximum absolute atomic E-state index is 9.22. The molecule has 0 aromatic heterocycles. The number of carbonyl (C=O) groups excluding carboxylic acids is 1. The molecule has 7 heavy (non-hydrogen) atoms. The van der Waals surface area contributed by atoms with Crippen LogP contribution < -0.4 is 5.73 Å². The van der Waals surface area contributed by atoms with Crippen LogP contribution in [0, 0.1) is 0 Å². The third-order valence-corrected chi connectivity index (χ3v) is 0. The van der Waals surface area contributed by atoms with Gasteiger partial charge >= 0.3 is 31.0 Å². The summed E-state index contributed by atoms with van der Waals surface area (Å²) in [7, 11) is 0. The van der Waals surface area contributed by atoms with Crippen LogP contribution in [0.3, 0.4) is 0 Å². The fourth-order valence-electron chi connectivity index (χ4n) is 0. The molecule has 0 aromatic carbocycles. The van der Waals surface area contributed by atoms with Crippen molar-refractivity contribution in [2.45, 2.75) is 16.8 Å². The first-order chi connectivity index (χ1) is 3.15. The van der Waals surface area contributed by atoms with E-state index in [1.807, 2.05) is 0 Å². The Morgan fingerprint density at radius 2 is 1.57 bits per heavy atom. The fourth-order valence-corrected chi connectivity index (χ4v) is 0. The third kappa shape index (κ3) is 1580. The average molecular weight is 208 g/mol. The zero-order valence-electron chi connectivity index (χ0n) is 4.99. The summed E-state index contributed by atoms with van der Waals surface area (Å²) in [6, 6.07) is 0. The summed E-state index contributed by atoms with van der Waals surface area (Å²) in [5, 5.41) is 0. The summed E-state index contributed by atoms with van der Waals surface area (Å²) in [4.78, 5) is 13.8. The molecule has 0 spiro atoms. The maximum atomic E-state index is 9.22. The minimum absolute atomic E-state index is 0.230. The molecule has 0 saturated heterocycles. The molecule has 0 aliphatic rings. The van der Waals surface area contributed by atoms with E-state index in [4.69, 9.17) is 0 Å². The Morgan fingerprint density at radius 3 is 1.57 bits per heavy atom. The topological polar surface area (TPSA) is 43.1 Å². The van der Waals surface area contributed by atoms with Gasteiger partial charge in [0.1, 0.15) is 0 Å². The molecule has 0 bridgehead atoms. The van der Waals surface area contributed by atoms with Gasteiger partial charge < -0.3 is 5.73 Å². The number of amides is 1. The van der Waals surface area contributed by atoms with Crippen molar-refractivity contribution in [1.29, 1.82) is 0 Å². The van der Waals surface area contributed by atoms with Crippen LogP contribution in [-0.2, 0) is 4.79 Å². The molecule has 2 radical (unpaired) electrons. The molecule has 0 fully saturated rings. The van der Waals surface area contributed by atoms with Gasteiger partial charge in [-0.2, -0.15) is 0 Å². The van der Waals surface area contributed by atoms with Crippen molar-refractivity contribution in [1.82, 2.24) is 0 Å². The van der Waals surface area contributed by atoms with Gasteiger partial charge in [0, 0.05) is 6.92 Å². The number of carbonyl (C=O) groups is 1. The fraction of sp³-hybridized carbons (Fsp3) is 0.750. The summed E-state index contributed by atoms with van der Waals surface area (Å²) in [6.07, 6.45) is 0. The zero-order valence-corrected chi connectivity index (χ0v) is 7.84. The van der Waals surface area contributed by atoms with Crippen LogP contribution >= 0.6 is 0 Å². The van der Waals surface area contributed by atoms with Gasteiger partial charge in [0.2, 0.25) is 5.91 Å². The predicted octanol–water partition coefficient (Wildman–Crippen LogP) is 0.278. The van der Waals surface area contributed by atoms with Crippen LogP contribution in [0.4, 0.5) is 0 Å². The summed E-state index contributed by atoms with van der Waals surface area (Å²) >= 11 is 0.230. The molecule has 2 N–H and O–H groups in total. The van der Waals surface area contributed by atoms with Crippen molar-refractivity contribution < 1.29 is 4.79 Å². The molecule has 42 valence electrons. The van der Waals surface area contributed by atoms with Crippen LogP contribution in [-0.4, -0.2) is 27.0 Å². The second kappa shape index (κ2) is 9.55. The molecular formula is C4H11NOSn. The van der Waals surface area contributed by atoms with E-state index in [0.29, 0.717) is 0 Å². The minimum atomic E-state index is -0.333. The second-order valence-corrected chi connectivity index (χ2v) is 3.96. The van der Waals surface area contributed by atoms with E-state index < -0.39 is 0 Å². The number of nitrogens with two attached hydrogens (primary N) is 1. The Hall–Kier alpha value is 0.269. The van der Waals surface area contributed by atoms with E-state index in [-0.39, 0.29) is 27.0 Å².